The normalized spacial score (nSPS) is 20.6. The minimum Gasteiger partial charge on any atom is -0.385 e. The second kappa shape index (κ2) is 9.77. The molecule has 2 unspecified atom stereocenters. The van der Waals surface area contributed by atoms with Gasteiger partial charge in [-0.05, 0) is 55.8 Å². The second-order valence-corrected chi connectivity index (χ2v) is 9.78. The highest BCUT2D eigenvalue weighted by atomic mass is 16.2. The summed E-state index contributed by atoms with van der Waals surface area (Å²) < 4.78 is 1.54. The van der Waals surface area contributed by atoms with Crippen LogP contribution in [0.4, 0.5) is 0 Å². The van der Waals surface area contributed by atoms with Gasteiger partial charge in [0.1, 0.15) is 17.6 Å². The third-order valence-electron chi connectivity index (χ3n) is 7.12. The van der Waals surface area contributed by atoms with Crippen LogP contribution in [0.2, 0.25) is 0 Å². The minimum atomic E-state index is -0.978. The zero-order valence-electron chi connectivity index (χ0n) is 21.9. The number of allylic oxidation sites excluding steroid dienone is 1. The number of para-hydroxylation sites is 1. The van der Waals surface area contributed by atoms with E-state index in [-0.39, 0.29) is 17.3 Å². The molecule has 0 spiro atoms. The fraction of sp³-hybridized carbons (Fsp3) is 0.172. The van der Waals surface area contributed by atoms with E-state index in [1.807, 2.05) is 60.7 Å². The van der Waals surface area contributed by atoms with Crippen molar-refractivity contribution in [2.45, 2.75) is 25.6 Å². The predicted octanol–water partition coefficient (Wildman–Crippen LogP) is 2.97. The number of hydrazone groups is 1. The van der Waals surface area contributed by atoms with Crippen LogP contribution in [0.15, 0.2) is 88.0 Å². The van der Waals surface area contributed by atoms with Crippen molar-refractivity contribution >= 4 is 41.0 Å². The van der Waals surface area contributed by atoms with Crippen molar-refractivity contribution < 1.29 is 4.79 Å². The van der Waals surface area contributed by atoms with Crippen molar-refractivity contribution in [3.05, 3.63) is 101 Å². The van der Waals surface area contributed by atoms with Crippen molar-refractivity contribution in [3.63, 3.8) is 0 Å². The Labute approximate surface area is 229 Å². The van der Waals surface area contributed by atoms with Gasteiger partial charge >= 0.3 is 0 Å². The minimum absolute atomic E-state index is 0.163. The maximum Gasteiger partial charge on any atom is 0.266 e. The maximum absolute atomic E-state index is 14.2. The van der Waals surface area contributed by atoms with Gasteiger partial charge in [-0.2, -0.15) is 10.2 Å². The first-order chi connectivity index (χ1) is 19.4. The Morgan fingerprint density at radius 2 is 1.98 bits per heavy atom. The molecule has 0 aliphatic carbocycles. The molecule has 2 aliphatic rings. The second-order valence-electron chi connectivity index (χ2n) is 9.78. The molecule has 2 aromatic heterocycles. The van der Waals surface area contributed by atoms with Crippen molar-refractivity contribution in [2.75, 3.05) is 0 Å². The number of amidine groups is 1. The van der Waals surface area contributed by atoms with Crippen molar-refractivity contribution in [1.29, 1.82) is 0 Å². The van der Waals surface area contributed by atoms with Gasteiger partial charge in [0, 0.05) is 18.6 Å². The zero-order valence-corrected chi connectivity index (χ0v) is 21.9. The van der Waals surface area contributed by atoms with E-state index in [9.17, 15) is 9.59 Å². The summed E-state index contributed by atoms with van der Waals surface area (Å²) in [5.41, 5.74) is 7.63. The molecule has 2 aliphatic heterocycles. The van der Waals surface area contributed by atoms with Crippen LogP contribution in [0.1, 0.15) is 37.0 Å². The van der Waals surface area contributed by atoms with Crippen LogP contribution in [-0.2, 0) is 4.79 Å². The molecular formula is C29H27N9O2. The number of nitrogens with zero attached hydrogens (tertiary/aromatic N) is 6. The summed E-state index contributed by atoms with van der Waals surface area (Å²) in [6.45, 7) is 3.59. The van der Waals surface area contributed by atoms with Crippen LogP contribution < -0.4 is 16.6 Å². The maximum atomic E-state index is 14.2. The fourth-order valence-electron chi connectivity index (χ4n) is 5.14. The molecule has 4 aromatic rings. The quantitative estimate of drug-likeness (QED) is 0.347. The van der Waals surface area contributed by atoms with Gasteiger partial charge < -0.3 is 11.1 Å². The molecular weight excluding hydrogens is 506 g/mol. The molecule has 0 radical (unpaired) electrons. The summed E-state index contributed by atoms with van der Waals surface area (Å²) >= 11 is 0. The van der Waals surface area contributed by atoms with Gasteiger partial charge in [-0.15, -0.1) is 0 Å². The molecule has 11 heteroatoms. The van der Waals surface area contributed by atoms with E-state index in [1.165, 1.54) is 0 Å². The monoisotopic (exact) mass is 533 g/mol. The van der Waals surface area contributed by atoms with Gasteiger partial charge in [0.25, 0.3) is 5.56 Å². The lowest BCUT2D eigenvalue weighted by molar-refractivity contribution is -0.126. The van der Waals surface area contributed by atoms with Crippen LogP contribution in [0.3, 0.4) is 0 Å². The molecule has 0 bridgehead atoms. The lowest BCUT2D eigenvalue weighted by atomic mass is 9.92. The molecule has 0 fully saturated rings. The molecule has 6 rings (SSSR count). The number of hydrogen-bond acceptors (Lipinski definition) is 8. The molecule has 3 atom stereocenters. The third-order valence-corrected chi connectivity index (χ3v) is 7.12. The van der Waals surface area contributed by atoms with E-state index in [2.05, 4.69) is 25.6 Å². The summed E-state index contributed by atoms with van der Waals surface area (Å²) in [5.74, 6) is -0.644. The lowest BCUT2D eigenvalue weighted by Gasteiger charge is -2.34. The number of aromatic nitrogens is 4. The first kappa shape index (κ1) is 25.0. The molecule has 0 saturated heterocycles. The van der Waals surface area contributed by atoms with E-state index in [0.29, 0.717) is 28.0 Å². The summed E-state index contributed by atoms with van der Waals surface area (Å²) in [4.78, 5) is 37.2. The van der Waals surface area contributed by atoms with Crippen molar-refractivity contribution in [3.8, 4) is 5.69 Å². The number of carbonyl (C=O) groups is 1. The fourth-order valence-corrected chi connectivity index (χ4v) is 5.14. The van der Waals surface area contributed by atoms with Gasteiger partial charge in [0.05, 0.1) is 28.3 Å². The summed E-state index contributed by atoms with van der Waals surface area (Å²) in [6.07, 6.45) is 10.5. The predicted molar refractivity (Wildman–Crippen MR) is 154 cm³/mol. The van der Waals surface area contributed by atoms with E-state index >= 15 is 0 Å². The molecule has 4 heterocycles. The van der Waals surface area contributed by atoms with Crippen LogP contribution in [0.25, 0.3) is 28.7 Å². The summed E-state index contributed by atoms with van der Waals surface area (Å²) in [5, 5.41) is 16.2. The van der Waals surface area contributed by atoms with Gasteiger partial charge in [0.2, 0.25) is 5.91 Å². The van der Waals surface area contributed by atoms with E-state index in [1.54, 1.807) is 54.2 Å². The number of aliphatic imine (C=N–C) groups is 1. The number of aromatic amines is 1. The molecule has 1 amide bonds. The lowest BCUT2D eigenvalue weighted by Crippen LogP contribution is -2.52. The van der Waals surface area contributed by atoms with Gasteiger partial charge in [-0.3, -0.25) is 24.2 Å². The first-order valence-corrected chi connectivity index (χ1v) is 12.8. The van der Waals surface area contributed by atoms with Crippen LogP contribution in [0.5, 0.6) is 0 Å². The van der Waals surface area contributed by atoms with Crippen molar-refractivity contribution in [2.24, 2.45) is 21.7 Å². The number of nitrogens with one attached hydrogen (secondary N) is 2. The Morgan fingerprint density at radius 3 is 2.75 bits per heavy atom. The van der Waals surface area contributed by atoms with Crippen molar-refractivity contribution in [1.82, 2.24) is 30.1 Å². The molecule has 11 nitrogen and oxygen atoms in total. The Balaban J connectivity index is 1.43. The molecule has 4 N–H and O–H groups in total. The number of carbonyl (C=O) groups excluding carboxylic acids is 1. The largest absolute Gasteiger partial charge is 0.385 e. The number of hydrogen-bond donors (Lipinski definition) is 3. The number of fused-ring (bicyclic) bond motifs is 2. The van der Waals surface area contributed by atoms with Gasteiger partial charge in [-0.25, -0.2) is 9.99 Å². The number of amides is 1. The first-order valence-electron chi connectivity index (χ1n) is 12.8. The van der Waals surface area contributed by atoms with Gasteiger partial charge in [0.15, 0.2) is 5.66 Å². The van der Waals surface area contributed by atoms with Crippen LogP contribution in [0, 0.1) is 5.92 Å². The average molecular weight is 534 g/mol. The Hall–Kier alpha value is -5.32. The Morgan fingerprint density at radius 1 is 1.15 bits per heavy atom. The number of H-pyrrole nitrogens is 1. The topological polar surface area (TPSA) is 147 Å². The molecule has 0 saturated carbocycles. The smallest absolute Gasteiger partial charge is 0.266 e. The Kier molecular flexibility index (Phi) is 6.10. The van der Waals surface area contributed by atoms with Gasteiger partial charge in [-0.1, -0.05) is 36.4 Å². The van der Waals surface area contributed by atoms with Crippen LogP contribution in [-0.4, -0.2) is 48.4 Å². The average Bonchev–Trinajstić information content (AvgIpc) is 3.56. The highest BCUT2D eigenvalue weighted by molar-refractivity contribution is 6.05. The summed E-state index contributed by atoms with van der Waals surface area (Å²) in [7, 11) is 0. The summed E-state index contributed by atoms with van der Waals surface area (Å²) in [6, 6.07) is 15.9. The van der Waals surface area contributed by atoms with E-state index in [4.69, 9.17) is 10.7 Å². The third kappa shape index (κ3) is 4.17. The molecule has 40 heavy (non-hydrogen) atoms. The molecule has 200 valence electrons. The Bertz CT molecular complexity index is 1770. The molecule has 2 aromatic carbocycles. The number of rotatable bonds is 6. The number of nitrogens with two attached hydrogens (primary N) is 1. The zero-order chi connectivity index (χ0) is 27.9. The number of benzene rings is 2. The van der Waals surface area contributed by atoms with E-state index < -0.39 is 17.6 Å². The SMILES string of the molecule is C[C@@H](NC(=O)C1C(N)=NN2C=CC=NC12C)c1nc2cccc(/C=C/c3ccn[nH]3)c2c(=O)n1-c1ccccc1. The standard InChI is InChI=1S/C29H27N9O2/c1-18(33-27(39)24-25(30)36-37-17-7-15-31-29(24,37)2)26-34-22-11-6-8-19(12-13-20-14-16-32-35-20)23(22)28(40)38(26)21-9-4-3-5-10-21/h3-18,24H,1-2H3,(H2,30,36)(H,32,35)(H,33,39)/b13-12+/t18-,24?,29?/m1/s1. The van der Waals surface area contributed by atoms with E-state index in [0.717, 1.165) is 5.69 Å². The highest BCUT2D eigenvalue weighted by Crippen LogP contribution is 2.35. The van der Waals surface area contributed by atoms with Crippen LogP contribution >= 0.6 is 0 Å². The highest BCUT2D eigenvalue weighted by Gasteiger charge is 2.51.